The third kappa shape index (κ3) is 6.81. The molecule has 0 unspecified atom stereocenters. The minimum Gasteiger partial charge on any atom is -0.483 e. The lowest BCUT2D eigenvalue weighted by atomic mass is 9.86. The summed E-state index contributed by atoms with van der Waals surface area (Å²) < 4.78 is 20.4. The number of halogens is 1. The standard InChI is InChI=1S/C28H37FN2O3/c1-20(27(33)30-22-13-6-5-7-14-22)31(18-21-12-8-10-16-24(21)29)26(32)19-34-25-17-11-9-15-23(25)28(2,3)4/h8-12,15-17,20,22H,5-7,13-14,18-19H2,1-4H3,(H,30,33)/t20-/m0/s1. The third-order valence-electron chi connectivity index (χ3n) is 6.46. The van der Waals surface area contributed by atoms with Gasteiger partial charge in [0.15, 0.2) is 6.61 Å². The predicted molar refractivity (Wildman–Crippen MR) is 132 cm³/mol. The third-order valence-corrected chi connectivity index (χ3v) is 6.46. The molecule has 1 N–H and O–H groups in total. The Bertz CT molecular complexity index is 980. The van der Waals surface area contributed by atoms with Crippen LogP contribution in [0.2, 0.25) is 0 Å². The largest absolute Gasteiger partial charge is 0.483 e. The van der Waals surface area contributed by atoms with Crippen molar-refractivity contribution >= 4 is 11.8 Å². The monoisotopic (exact) mass is 468 g/mol. The number of para-hydroxylation sites is 1. The molecule has 0 heterocycles. The first-order chi connectivity index (χ1) is 16.2. The van der Waals surface area contributed by atoms with Crippen LogP contribution in [0.15, 0.2) is 48.5 Å². The van der Waals surface area contributed by atoms with Crippen LogP contribution in [0.5, 0.6) is 5.75 Å². The quantitative estimate of drug-likeness (QED) is 0.567. The van der Waals surface area contributed by atoms with Gasteiger partial charge >= 0.3 is 0 Å². The second-order valence-electron chi connectivity index (χ2n) is 10.2. The van der Waals surface area contributed by atoms with Gasteiger partial charge in [0.25, 0.3) is 5.91 Å². The van der Waals surface area contributed by atoms with E-state index < -0.39 is 11.9 Å². The van der Waals surface area contributed by atoms with E-state index >= 15 is 0 Å². The molecule has 0 aliphatic heterocycles. The van der Waals surface area contributed by atoms with Crippen molar-refractivity contribution in [3.63, 3.8) is 0 Å². The minimum absolute atomic E-state index is 0.00492. The summed E-state index contributed by atoms with van der Waals surface area (Å²) in [6.45, 7) is 7.70. The molecule has 5 nitrogen and oxygen atoms in total. The highest BCUT2D eigenvalue weighted by Gasteiger charge is 2.29. The zero-order valence-corrected chi connectivity index (χ0v) is 20.8. The maximum absolute atomic E-state index is 14.4. The van der Waals surface area contributed by atoms with E-state index in [9.17, 15) is 14.0 Å². The Morgan fingerprint density at radius 3 is 2.38 bits per heavy atom. The van der Waals surface area contributed by atoms with Crippen molar-refractivity contribution in [1.29, 1.82) is 0 Å². The van der Waals surface area contributed by atoms with Crippen molar-refractivity contribution in [2.24, 2.45) is 0 Å². The normalized spacial score (nSPS) is 15.4. The van der Waals surface area contributed by atoms with Gasteiger partial charge < -0.3 is 15.0 Å². The molecule has 1 aliphatic carbocycles. The van der Waals surface area contributed by atoms with Gasteiger partial charge in [-0.1, -0.05) is 76.4 Å². The van der Waals surface area contributed by atoms with E-state index in [0.717, 1.165) is 31.2 Å². The molecule has 3 rings (SSSR count). The van der Waals surface area contributed by atoms with Crippen LogP contribution in [-0.4, -0.2) is 35.4 Å². The molecular formula is C28H37FN2O3. The van der Waals surface area contributed by atoms with Gasteiger partial charge in [-0.05, 0) is 42.9 Å². The number of nitrogens with one attached hydrogen (secondary N) is 1. The van der Waals surface area contributed by atoms with Crippen LogP contribution < -0.4 is 10.1 Å². The second kappa shape index (κ2) is 11.5. The molecule has 1 fully saturated rings. The number of amides is 2. The fraction of sp³-hybridized carbons (Fsp3) is 0.500. The number of rotatable bonds is 8. The molecule has 1 aliphatic rings. The number of hydrogen-bond donors (Lipinski definition) is 1. The molecule has 2 aromatic carbocycles. The van der Waals surface area contributed by atoms with E-state index in [1.54, 1.807) is 25.1 Å². The van der Waals surface area contributed by atoms with E-state index in [1.807, 2.05) is 24.3 Å². The second-order valence-corrected chi connectivity index (χ2v) is 10.2. The van der Waals surface area contributed by atoms with Gasteiger partial charge in [0.1, 0.15) is 17.6 Å². The summed E-state index contributed by atoms with van der Waals surface area (Å²) in [6, 6.07) is 13.3. The highest BCUT2D eigenvalue weighted by atomic mass is 19.1. The lowest BCUT2D eigenvalue weighted by Gasteiger charge is -2.31. The molecule has 0 aromatic heterocycles. The lowest BCUT2D eigenvalue weighted by Crippen LogP contribution is -2.51. The Hall–Kier alpha value is -2.89. The highest BCUT2D eigenvalue weighted by molar-refractivity contribution is 5.88. The predicted octanol–water partition coefficient (Wildman–Crippen LogP) is 5.37. The molecular weight excluding hydrogens is 431 g/mol. The van der Waals surface area contributed by atoms with Crippen LogP contribution in [0.4, 0.5) is 4.39 Å². The fourth-order valence-corrected chi connectivity index (χ4v) is 4.40. The van der Waals surface area contributed by atoms with Crippen molar-refractivity contribution in [1.82, 2.24) is 10.2 Å². The van der Waals surface area contributed by atoms with Gasteiger partial charge in [-0.15, -0.1) is 0 Å². The van der Waals surface area contributed by atoms with Crippen molar-refractivity contribution < 1.29 is 18.7 Å². The smallest absolute Gasteiger partial charge is 0.261 e. The molecule has 6 heteroatoms. The Balaban J connectivity index is 1.76. The summed E-state index contributed by atoms with van der Waals surface area (Å²) in [4.78, 5) is 27.8. The molecule has 0 spiro atoms. The van der Waals surface area contributed by atoms with Crippen molar-refractivity contribution in [2.75, 3.05) is 6.61 Å². The van der Waals surface area contributed by atoms with Crippen LogP contribution in [0.3, 0.4) is 0 Å². The van der Waals surface area contributed by atoms with Crippen molar-refractivity contribution in [3.05, 3.63) is 65.5 Å². The summed E-state index contributed by atoms with van der Waals surface area (Å²) in [5.74, 6) is -0.349. The van der Waals surface area contributed by atoms with Crippen molar-refractivity contribution in [3.8, 4) is 5.75 Å². The average molecular weight is 469 g/mol. The van der Waals surface area contributed by atoms with Crippen LogP contribution in [-0.2, 0) is 21.5 Å². The molecule has 0 saturated heterocycles. The summed E-state index contributed by atoms with van der Waals surface area (Å²) in [5.41, 5.74) is 1.20. The first-order valence-corrected chi connectivity index (χ1v) is 12.2. The van der Waals surface area contributed by atoms with E-state index in [2.05, 4.69) is 26.1 Å². The molecule has 0 bridgehead atoms. The highest BCUT2D eigenvalue weighted by Crippen LogP contribution is 2.31. The molecule has 2 amide bonds. The maximum atomic E-state index is 14.4. The molecule has 1 atom stereocenters. The van der Waals surface area contributed by atoms with Crippen LogP contribution in [0, 0.1) is 5.82 Å². The van der Waals surface area contributed by atoms with Gasteiger partial charge in [0.05, 0.1) is 0 Å². The van der Waals surface area contributed by atoms with E-state index in [0.29, 0.717) is 11.3 Å². The Morgan fingerprint density at radius 2 is 1.71 bits per heavy atom. The van der Waals surface area contributed by atoms with E-state index in [4.69, 9.17) is 4.74 Å². The van der Waals surface area contributed by atoms with Crippen molar-refractivity contribution in [2.45, 2.75) is 83.8 Å². The zero-order valence-electron chi connectivity index (χ0n) is 20.8. The molecule has 0 radical (unpaired) electrons. The summed E-state index contributed by atoms with van der Waals surface area (Å²) in [6.07, 6.45) is 5.28. The number of carbonyl (C=O) groups excluding carboxylic acids is 2. The van der Waals surface area contributed by atoms with Crippen LogP contribution in [0.1, 0.15) is 70.9 Å². The van der Waals surface area contributed by atoms with E-state index in [-0.39, 0.29) is 36.4 Å². The molecule has 184 valence electrons. The van der Waals surface area contributed by atoms with Gasteiger partial charge in [0.2, 0.25) is 5.91 Å². The Morgan fingerprint density at radius 1 is 1.06 bits per heavy atom. The topological polar surface area (TPSA) is 58.6 Å². The summed E-state index contributed by atoms with van der Waals surface area (Å²) in [7, 11) is 0. The van der Waals surface area contributed by atoms with Gasteiger partial charge in [-0.2, -0.15) is 0 Å². The van der Waals surface area contributed by atoms with Crippen LogP contribution in [0.25, 0.3) is 0 Å². The Labute approximate surface area is 202 Å². The number of ether oxygens (including phenoxy) is 1. The first kappa shape index (κ1) is 25.7. The van der Waals surface area contributed by atoms with Crippen LogP contribution >= 0.6 is 0 Å². The maximum Gasteiger partial charge on any atom is 0.261 e. The SMILES string of the molecule is C[C@@H](C(=O)NC1CCCCC1)N(Cc1ccccc1F)C(=O)COc1ccccc1C(C)(C)C. The minimum atomic E-state index is -0.754. The average Bonchev–Trinajstić information content (AvgIpc) is 2.82. The molecule has 2 aromatic rings. The number of benzene rings is 2. The van der Waals surface area contributed by atoms with Gasteiger partial charge in [-0.25, -0.2) is 4.39 Å². The number of hydrogen-bond acceptors (Lipinski definition) is 3. The summed E-state index contributed by atoms with van der Waals surface area (Å²) >= 11 is 0. The first-order valence-electron chi connectivity index (χ1n) is 12.2. The Kier molecular flexibility index (Phi) is 8.70. The van der Waals surface area contributed by atoms with E-state index in [1.165, 1.54) is 17.4 Å². The number of nitrogens with zero attached hydrogens (tertiary/aromatic N) is 1. The number of carbonyl (C=O) groups is 2. The van der Waals surface area contributed by atoms with Gasteiger partial charge in [-0.3, -0.25) is 9.59 Å². The summed E-state index contributed by atoms with van der Waals surface area (Å²) in [5, 5.41) is 3.09. The van der Waals surface area contributed by atoms with Gasteiger partial charge in [0, 0.05) is 18.2 Å². The fourth-order valence-electron chi connectivity index (χ4n) is 4.40. The zero-order chi connectivity index (χ0) is 24.7. The molecule has 34 heavy (non-hydrogen) atoms. The molecule has 1 saturated carbocycles. The lowest BCUT2D eigenvalue weighted by molar-refractivity contribution is -0.142.